The summed E-state index contributed by atoms with van der Waals surface area (Å²) in [6, 6.07) is 0. The number of ether oxygens (including phenoxy) is 1. The minimum atomic E-state index is 0.0237. The summed E-state index contributed by atoms with van der Waals surface area (Å²) >= 11 is 1.70. The third-order valence-electron chi connectivity index (χ3n) is 4.76. The summed E-state index contributed by atoms with van der Waals surface area (Å²) in [7, 11) is 1.81. The van der Waals surface area contributed by atoms with Gasteiger partial charge in [0.15, 0.2) is 5.96 Å². The quantitative estimate of drug-likeness (QED) is 0.586. The third kappa shape index (κ3) is 5.93. The molecule has 0 saturated carbocycles. The molecule has 2 atom stereocenters. The first-order valence-corrected chi connectivity index (χ1v) is 10.4. The summed E-state index contributed by atoms with van der Waals surface area (Å²) in [5, 5.41) is 10.1. The standard InChI is InChI=1S/C19H35N5OS/c1-13(2)16-11-26-17(23-16)8-21-18(20-7)22-12-19(5,6)24-9-14(3)25-15(4)10-24/h11,13-15H,8-10,12H2,1-7H3,(H2,20,21,22). The number of guanidine groups is 1. The van der Waals surface area contributed by atoms with Crippen LogP contribution in [0.4, 0.5) is 0 Å². The molecule has 7 heteroatoms. The normalized spacial score (nSPS) is 22.7. The van der Waals surface area contributed by atoms with Crippen LogP contribution in [0.3, 0.4) is 0 Å². The van der Waals surface area contributed by atoms with Crippen LogP contribution in [0.25, 0.3) is 0 Å². The van der Waals surface area contributed by atoms with Crippen molar-refractivity contribution in [3.05, 3.63) is 16.1 Å². The SMILES string of the molecule is CN=C(NCc1nc(C(C)C)cs1)NCC(C)(C)N1CC(C)OC(C)C1. The molecule has 1 aromatic heterocycles. The molecule has 1 aromatic rings. The number of morpholine rings is 1. The van der Waals surface area contributed by atoms with E-state index in [1.165, 1.54) is 0 Å². The Morgan fingerprint density at radius 1 is 1.35 bits per heavy atom. The van der Waals surface area contributed by atoms with Crippen molar-refractivity contribution in [1.29, 1.82) is 0 Å². The first-order chi connectivity index (χ1) is 12.2. The Morgan fingerprint density at radius 2 is 2.00 bits per heavy atom. The van der Waals surface area contributed by atoms with Gasteiger partial charge in [0.25, 0.3) is 0 Å². The Hall–Kier alpha value is -1.18. The highest BCUT2D eigenvalue weighted by Crippen LogP contribution is 2.21. The van der Waals surface area contributed by atoms with E-state index in [2.05, 4.69) is 72.4 Å². The number of hydrogen-bond acceptors (Lipinski definition) is 5. The number of nitrogens with one attached hydrogen (secondary N) is 2. The summed E-state index contributed by atoms with van der Waals surface area (Å²) in [5.74, 6) is 1.28. The second-order valence-corrected chi connectivity index (χ2v) is 9.02. The minimum Gasteiger partial charge on any atom is -0.373 e. The molecule has 2 unspecified atom stereocenters. The fraction of sp³-hybridized carbons (Fsp3) is 0.789. The Kier molecular flexibility index (Phi) is 7.43. The van der Waals surface area contributed by atoms with Gasteiger partial charge in [0, 0.05) is 37.6 Å². The molecule has 1 aliphatic heterocycles. The van der Waals surface area contributed by atoms with E-state index in [4.69, 9.17) is 4.74 Å². The molecule has 6 nitrogen and oxygen atoms in total. The van der Waals surface area contributed by atoms with Crippen molar-refractivity contribution < 1.29 is 4.74 Å². The maximum atomic E-state index is 5.86. The van der Waals surface area contributed by atoms with Crippen molar-refractivity contribution in [1.82, 2.24) is 20.5 Å². The summed E-state index contributed by atoms with van der Waals surface area (Å²) in [4.78, 5) is 11.5. The predicted molar refractivity (Wildman–Crippen MR) is 110 cm³/mol. The topological polar surface area (TPSA) is 61.8 Å². The summed E-state index contributed by atoms with van der Waals surface area (Å²) in [6.07, 6.45) is 0.547. The highest BCUT2D eigenvalue weighted by Gasteiger charge is 2.33. The van der Waals surface area contributed by atoms with Crippen LogP contribution in [0.1, 0.15) is 58.2 Å². The number of aliphatic imine (C=N–C) groups is 1. The van der Waals surface area contributed by atoms with Gasteiger partial charge in [-0.2, -0.15) is 0 Å². The average molecular weight is 382 g/mol. The summed E-state index contributed by atoms with van der Waals surface area (Å²) < 4.78 is 5.86. The lowest BCUT2D eigenvalue weighted by Gasteiger charge is -2.45. The van der Waals surface area contributed by atoms with E-state index in [0.717, 1.165) is 36.3 Å². The third-order valence-corrected chi connectivity index (χ3v) is 5.62. The minimum absolute atomic E-state index is 0.0237. The van der Waals surface area contributed by atoms with E-state index in [9.17, 15) is 0 Å². The van der Waals surface area contributed by atoms with Gasteiger partial charge in [-0.1, -0.05) is 13.8 Å². The zero-order valence-corrected chi connectivity index (χ0v) is 18.1. The van der Waals surface area contributed by atoms with Gasteiger partial charge in [-0.05, 0) is 33.6 Å². The molecule has 2 rings (SSSR count). The van der Waals surface area contributed by atoms with Gasteiger partial charge in [0.1, 0.15) is 5.01 Å². The van der Waals surface area contributed by atoms with Crippen LogP contribution < -0.4 is 10.6 Å². The zero-order valence-electron chi connectivity index (χ0n) is 17.3. The van der Waals surface area contributed by atoms with E-state index in [1.54, 1.807) is 11.3 Å². The number of thiazole rings is 1. The van der Waals surface area contributed by atoms with E-state index in [1.807, 2.05) is 7.05 Å². The van der Waals surface area contributed by atoms with E-state index < -0.39 is 0 Å². The molecule has 1 fully saturated rings. The second kappa shape index (κ2) is 9.15. The van der Waals surface area contributed by atoms with Crippen molar-refractivity contribution in [3.8, 4) is 0 Å². The number of nitrogens with zero attached hydrogens (tertiary/aromatic N) is 3. The molecule has 0 spiro atoms. The lowest BCUT2D eigenvalue weighted by Crippen LogP contribution is -2.59. The maximum absolute atomic E-state index is 5.86. The first-order valence-electron chi connectivity index (χ1n) is 9.50. The van der Waals surface area contributed by atoms with Gasteiger partial charge in [-0.25, -0.2) is 4.98 Å². The molecule has 0 aliphatic carbocycles. The van der Waals surface area contributed by atoms with Crippen molar-refractivity contribution in [2.45, 2.75) is 71.8 Å². The number of aromatic nitrogens is 1. The molecule has 1 saturated heterocycles. The molecule has 0 radical (unpaired) electrons. The van der Waals surface area contributed by atoms with E-state index in [-0.39, 0.29) is 17.7 Å². The average Bonchev–Trinajstić information content (AvgIpc) is 3.03. The predicted octanol–water partition coefficient (Wildman–Crippen LogP) is 2.82. The molecule has 148 valence electrons. The lowest BCUT2D eigenvalue weighted by atomic mass is 10.00. The van der Waals surface area contributed by atoms with Crippen LogP contribution in [0.15, 0.2) is 10.4 Å². The molecule has 0 amide bonds. The fourth-order valence-electron chi connectivity index (χ4n) is 3.14. The summed E-state index contributed by atoms with van der Waals surface area (Å²) in [5.41, 5.74) is 1.18. The van der Waals surface area contributed by atoms with Gasteiger partial charge >= 0.3 is 0 Å². The molecule has 0 aromatic carbocycles. The van der Waals surface area contributed by atoms with Crippen molar-refractivity contribution in [2.75, 3.05) is 26.7 Å². The Morgan fingerprint density at radius 3 is 2.54 bits per heavy atom. The van der Waals surface area contributed by atoms with Gasteiger partial charge in [0.2, 0.25) is 0 Å². The highest BCUT2D eigenvalue weighted by molar-refractivity contribution is 7.09. The van der Waals surface area contributed by atoms with Gasteiger partial charge in [-0.3, -0.25) is 9.89 Å². The molecule has 0 bridgehead atoms. The second-order valence-electron chi connectivity index (χ2n) is 8.07. The fourth-order valence-corrected chi connectivity index (χ4v) is 4.03. The van der Waals surface area contributed by atoms with E-state index >= 15 is 0 Å². The molecule has 1 aliphatic rings. The lowest BCUT2D eigenvalue weighted by molar-refractivity contribution is -0.0946. The van der Waals surface area contributed by atoms with Gasteiger partial charge < -0.3 is 15.4 Å². The first kappa shape index (κ1) is 21.1. The van der Waals surface area contributed by atoms with Crippen LogP contribution in [0.5, 0.6) is 0 Å². The van der Waals surface area contributed by atoms with E-state index in [0.29, 0.717) is 12.5 Å². The molecule has 2 heterocycles. The van der Waals surface area contributed by atoms with Crippen LogP contribution >= 0.6 is 11.3 Å². The van der Waals surface area contributed by atoms with Crippen LogP contribution in [0, 0.1) is 0 Å². The Balaban J connectivity index is 1.85. The number of rotatable bonds is 6. The largest absolute Gasteiger partial charge is 0.373 e. The molecule has 26 heavy (non-hydrogen) atoms. The van der Waals surface area contributed by atoms with Crippen LogP contribution in [-0.4, -0.2) is 60.3 Å². The molecule has 2 N–H and O–H groups in total. The number of hydrogen-bond donors (Lipinski definition) is 2. The maximum Gasteiger partial charge on any atom is 0.191 e. The summed E-state index contributed by atoms with van der Waals surface area (Å²) in [6.45, 7) is 16.6. The van der Waals surface area contributed by atoms with Crippen LogP contribution in [0.2, 0.25) is 0 Å². The van der Waals surface area contributed by atoms with Crippen molar-refractivity contribution >= 4 is 17.3 Å². The smallest absolute Gasteiger partial charge is 0.191 e. The zero-order chi connectivity index (χ0) is 19.3. The monoisotopic (exact) mass is 381 g/mol. The van der Waals surface area contributed by atoms with Gasteiger partial charge in [0.05, 0.1) is 24.4 Å². The van der Waals surface area contributed by atoms with Crippen LogP contribution in [-0.2, 0) is 11.3 Å². The van der Waals surface area contributed by atoms with Gasteiger partial charge in [-0.15, -0.1) is 11.3 Å². The molecular formula is C19H35N5OS. The Bertz CT molecular complexity index is 589. The highest BCUT2D eigenvalue weighted by atomic mass is 32.1. The van der Waals surface area contributed by atoms with Crippen molar-refractivity contribution in [2.24, 2.45) is 4.99 Å². The Labute approximate surface area is 162 Å². The van der Waals surface area contributed by atoms with Crippen molar-refractivity contribution in [3.63, 3.8) is 0 Å². The molecular weight excluding hydrogens is 346 g/mol.